The molecule has 0 spiro atoms. The van der Waals surface area contributed by atoms with Crippen LogP contribution in [0.4, 0.5) is 0 Å². The van der Waals surface area contributed by atoms with E-state index in [1.807, 2.05) is 23.1 Å². The van der Waals surface area contributed by atoms with Gasteiger partial charge in [-0.15, -0.1) is 11.6 Å². The largest absolute Gasteiger partial charge is 0.341 e. The molecular formula is C14H17Cl2NO. The molecule has 0 bridgehead atoms. The van der Waals surface area contributed by atoms with Gasteiger partial charge in [0.15, 0.2) is 0 Å². The molecule has 18 heavy (non-hydrogen) atoms. The summed E-state index contributed by atoms with van der Waals surface area (Å²) in [5, 5.41) is -0.113. The lowest BCUT2D eigenvalue weighted by molar-refractivity contribution is -0.130. The van der Waals surface area contributed by atoms with Gasteiger partial charge in [-0.1, -0.05) is 42.6 Å². The van der Waals surface area contributed by atoms with Gasteiger partial charge in [-0.05, 0) is 24.5 Å². The maximum Gasteiger partial charge on any atom is 0.245 e. The normalized spacial score (nSPS) is 18.2. The molecule has 1 aromatic rings. The zero-order valence-corrected chi connectivity index (χ0v) is 11.8. The van der Waals surface area contributed by atoms with E-state index in [9.17, 15) is 4.79 Å². The fourth-order valence-electron chi connectivity index (χ4n) is 2.27. The Morgan fingerprint density at radius 2 is 1.72 bits per heavy atom. The summed E-state index contributed by atoms with van der Waals surface area (Å²) < 4.78 is 0. The minimum absolute atomic E-state index is 0.0216. The van der Waals surface area contributed by atoms with Gasteiger partial charge in [0, 0.05) is 18.1 Å². The smallest absolute Gasteiger partial charge is 0.245 e. The molecular weight excluding hydrogens is 269 g/mol. The molecule has 0 N–H and O–H groups in total. The number of carbonyl (C=O) groups excluding carboxylic acids is 1. The molecule has 1 atom stereocenters. The molecule has 1 heterocycles. The molecule has 1 fully saturated rings. The molecule has 2 nitrogen and oxygen atoms in total. The van der Waals surface area contributed by atoms with Crippen LogP contribution in [-0.4, -0.2) is 23.9 Å². The summed E-state index contributed by atoms with van der Waals surface area (Å²) in [6.45, 7) is 1.62. The first-order valence-electron chi connectivity index (χ1n) is 6.37. The first kappa shape index (κ1) is 13.7. The highest BCUT2D eigenvalue weighted by atomic mass is 35.5. The maximum absolute atomic E-state index is 12.3. The fourth-order valence-corrected chi connectivity index (χ4v) is 2.89. The zero-order valence-electron chi connectivity index (χ0n) is 10.2. The van der Waals surface area contributed by atoms with Gasteiger partial charge in [0.1, 0.15) is 5.38 Å². The van der Waals surface area contributed by atoms with Crippen molar-refractivity contribution in [2.75, 3.05) is 13.1 Å². The first-order chi connectivity index (χ1) is 8.70. The number of likely N-dealkylation sites (tertiary alicyclic amines) is 1. The lowest BCUT2D eigenvalue weighted by Crippen LogP contribution is -2.34. The number of hydrogen-bond donors (Lipinski definition) is 0. The van der Waals surface area contributed by atoms with Crippen molar-refractivity contribution in [3.63, 3.8) is 0 Å². The molecule has 0 radical (unpaired) electrons. The minimum atomic E-state index is -0.670. The number of alkyl halides is 1. The van der Waals surface area contributed by atoms with Crippen molar-refractivity contribution < 1.29 is 4.79 Å². The average Bonchev–Trinajstić information content (AvgIpc) is 2.66. The molecule has 1 aliphatic rings. The predicted molar refractivity (Wildman–Crippen MR) is 75.1 cm³/mol. The van der Waals surface area contributed by atoms with Crippen LogP contribution < -0.4 is 0 Å². The number of benzene rings is 1. The SMILES string of the molecule is O=C(C(Cl)c1ccccc1Cl)N1CCCCCC1. The lowest BCUT2D eigenvalue weighted by atomic mass is 10.1. The van der Waals surface area contributed by atoms with Crippen LogP contribution in [0.15, 0.2) is 24.3 Å². The third-order valence-electron chi connectivity index (χ3n) is 3.31. The Morgan fingerprint density at radius 1 is 1.11 bits per heavy atom. The standard InChI is InChI=1S/C14H17Cl2NO/c15-12-8-4-3-7-11(12)13(16)14(18)17-9-5-1-2-6-10-17/h3-4,7-8,13H,1-2,5-6,9-10H2. The van der Waals surface area contributed by atoms with Gasteiger partial charge in [-0.25, -0.2) is 0 Å². The second-order valence-corrected chi connectivity index (χ2v) is 5.47. The van der Waals surface area contributed by atoms with E-state index in [1.54, 1.807) is 6.07 Å². The van der Waals surface area contributed by atoms with Gasteiger partial charge in [0.2, 0.25) is 5.91 Å². The van der Waals surface area contributed by atoms with Crippen molar-refractivity contribution in [3.8, 4) is 0 Å². The van der Waals surface area contributed by atoms with Gasteiger partial charge >= 0.3 is 0 Å². The molecule has 0 aromatic heterocycles. The van der Waals surface area contributed by atoms with Gasteiger partial charge < -0.3 is 4.90 Å². The van der Waals surface area contributed by atoms with Crippen LogP contribution in [0.5, 0.6) is 0 Å². The highest BCUT2D eigenvalue weighted by molar-refractivity contribution is 6.35. The van der Waals surface area contributed by atoms with Crippen LogP contribution in [0.2, 0.25) is 5.02 Å². The van der Waals surface area contributed by atoms with Crippen LogP contribution in [0, 0.1) is 0 Å². The van der Waals surface area contributed by atoms with Crippen LogP contribution in [0.25, 0.3) is 0 Å². The Hall–Kier alpha value is -0.730. The van der Waals surface area contributed by atoms with Crippen molar-refractivity contribution in [1.29, 1.82) is 0 Å². The number of halogens is 2. The van der Waals surface area contributed by atoms with E-state index < -0.39 is 5.38 Å². The fraction of sp³-hybridized carbons (Fsp3) is 0.500. The second-order valence-electron chi connectivity index (χ2n) is 4.62. The number of nitrogens with zero attached hydrogens (tertiary/aromatic N) is 1. The van der Waals surface area contributed by atoms with E-state index in [0.717, 1.165) is 25.9 Å². The zero-order chi connectivity index (χ0) is 13.0. The van der Waals surface area contributed by atoms with Gasteiger partial charge in [-0.2, -0.15) is 0 Å². The van der Waals surface area contributed by atoms with Crippen molar-refractivity contribution >= 4 is 29.1 Å². The van der Waals surface area contributed by atoms with Crippen LogP contribution in [0.1, 0.15) is 36.6 Å². The minimum Gasteiger partial charge on any atom is -0.341 e. The number of carbonyl (C=O) groups is 1. The molecule has 1 saturated heterocycles. The van der Waals surface area contributed by atoms with Crippen molar-refractivity contribution in [3.05, 3.63) is 34.9 Å². The number of rotatable bonds is 2. The van der Waals surface area contributed by atoms with E-state index in [4.69, 9.17) is 23.2 Å². The molecule has 1 aliphatic heterocycles. The molecule has 1 unspecified atom stereocenters. The summed E-state index contributed by atoms with van der Waals surface area (Å²) in [4.78, 5) is 14.2. The number of hydrogen-bond acceptors (Lipinski definition) is 1. The van der Waals surface area contributed by atoms with E-state index in [-0.39, 0.29) is 5.91 Å². The molecule has 98 valence electrons. The summed E-state index contributed by atoms with van der Waals surface area (Å²) in [5.74, 6) is -0.0216. The molecule has 2 rings (SSSR count). The highest BCUT2D eigenvalue weighted by Crippen LogP contribution is 2.29. The Kier molecular flexibility index (Phi) is 4.90. The second kappa shape index (κ2) is 6.44. The quantitative estimate of drug-likeness (QED) is 0.752. The molecule has 0 aliphatic carbocycles. The molecule has 0 saturated carbocycles. The summed E-state index contributed by atoms with van der Waals surface area (Å²) in [5.41, 5.74) is 0.704. The molecule has 4 heteroatoms. The summed E-state index contributed by atoms with van der Waals surface area (Å²) in [6.07, 6.45) is 4.53. The van der Waals surface area contributed by atoms with E-state index >= 15 is 0 Å². The number of amides is 1. The van der Waals surface area contributed by atoms with Crippen LogP contribution in [-0.2, 0) is 4.79 Å². The first-order valence-corrected chi connectivity index (χ1v) is 7.19. The van der Waals surface area contributed by atoms with Crippen molar-refractivity contribution in [2.24, 2.45) is 0 Å². The van der Waals surface area contributed by atoms with Crippen molar-refractivity contribution in [2.45, 2.75) is 31.1 Å². The summed E-state index contributed by atoms with van der Waals surface area (Å²) in [6, 6.07) is 7.27. The third-order valence-corrected chi connectivity index (χ3v) is 4.08. The van der Waals surface area contributed by atoms with Crippen molar-refractivity contribution in [1.82, 2.24) is 4.90 Å². The van der Waals surface area contributed by atoms with E-state index in [2.05, 4.69) is 0 Å². The van der Waals surface area contributed by atoms with E-state index in [0.29, 0.717) is 10.6 Å². The van der Waals surface area contributed by atoms with Crippen LogP contribution in [0.3, 0.4) is 0 Å². The van der Waals surface area contributed by atoms with Gasteiger partial charge in [-0.3, -0.25) is 4.79 Å². The average molecular weight is 286 g/mol. The molecule has 1 amide bonds. The maximum atomic E-state index is 12.3. The third kappa shape index (κ3) is 3.18. The summed E-state index contributed by atoms with van der Waals surface area (Å²) in [7, 11) is 0. The highest BCUT2D eigenvalue weighted by Gasteiger charge is 2.25. The topological polar surface area (TPSA) is 20.3 Å². The van der Waals surface area contributed by atoms with Gasteiger partial charge in [0.25, 0.3) is 0 Å². The monoisotopic (exact) mass is 285 g/mol. The Balaban J connectivity index is 2.10. The van der Waals surface area contributed by atoms with E-state index in [1.165, 1.54) is 12.8 Å². The lowest BCUT2D eigenvalue weighted by Gasteiger charge is -2.23. The van der Waals surface area contributed by atoms with Gasteiger partial charge in [0.05, 0.1) is 0 Å². The predicted octanol–water partition coefficient (Wildman–Crippen LogP) is 4.02. The Morgan fingerprint density at radius 3 is 2.33 bits per heavy atom. The molecule has 1 aromatic carbocycles. The van der Waals surface area contributed by atoms with Crippen LogP contribution >= 0.6 is 23.2 Å². The Labute approximate surface area is 118 Å². The summed E-state index contributed by atoms with van der Waals surface area (Å²) >= 11 is 12.4. The Bertz CT molecular complexity index is 414.